The monoisotopic (exact) mass is 316 g/mol. The first kappa shape index (κ1) is 15.6. The number of aromatic nitrogens is 1. The highest BCUT2D eigenvalue weighted by molar-refractivity contribution is 5.98. The number of para-hydroxylation sites is 1. The van der Waals surface area contributed by atoms with E-state index in [4.69, 9.17) is 9.84 Å². The zero-order valence-electron chi connectivity index (χ0n) is 13.1. The number of carbonyl (C=O) groups is 2. The van der Waals surface area contributed by atoms with Gasteiger partial charge in [0.1, 0.15) is 5.69 Å². The number of carboxylic acids is 1. The molecule has 0 saturated carbocycles. The number of aliphatic carboxylic acids is 1. The van der Waals surface area contributed by atoms with E-state index in [1.165, 1.54) is 0 Å². The molecule has 2 aromatic rings. The molecule has 1 fully saturated rings. The minimum absolute atomic E-state index is 0.0678. The molecule has 0 spiro atoms. The van der Waals surface area contributed by atoms with Crippen molar-refractivity contribution in [3.05, 3.63) is 36.0 Å². The maximum Gasteiger partial charge on any atom is 0.306 e. The topological polar surface area (TPSA) is 71.8 Å². The molecule has 1 saturated heterocycles. The van der Waals surface area contributed by atoms with Gasteiger partial charge in [-0.25, -0.2) is 0 Å². The lowest BCUT2D eigenvalue weighted by atomic mass is 10.2. The fourth-order valence-corrected chi connectivity index (χ4v) is 3.11. The summed E-state index contributed by atoms with van der Waals surface area (Å²) in [7, 11) is 0. The molecule has 1 aromatic heterocycles. The van der Waals surface area contributed by atoms with Gasteiger partial charge in [0.15, 0.2) is 0 Å². The van der Waals surface area contributed by atoms with Crippen LogP contribution in [0.3, 0.4) is 0 Å². The predicted molar refractivity (Wildman–Crippen MR) is 85.5 cm³/mol. The van der Waals surface area contributed by atoms with Crippen LogP contribution in [0.2, 0.25) is 0 Å². The molecule has 0 bridgehead atoms. The van der Waals surface area contributed by atoms with Crippen molar-refractivity contribution in [2.45, 2.75) is 26.0 Å². The van der Waals surface area contributed by atoms with E-state index in [1.54, 1.807) is 4.90 Å². The molecule has 0 radical (unpaired) electrons. The standard InChI is InChI=1S/C17H20N2O4/c1-2-19-14-6-4-3-5-12(14)9-15(19)17(22)18-7-8-23-13(11-18)10-16(20)21/h3-6,9,13H,2,7-8,10-11H2,1H3,(H,20,21)/t13-/m0/s1. The van der Waals surface area contributed by atoms with Gasteiger partial charge in [0, 0.05) is 30.5 Å². The molecule has 1 aliphatic rings. The van der Waals surface area contributed by atoms with E-state index in [-0.39, 0.29) is 12.3 Å². The number of ether oxygens (including phenoxy) is 1. The highest BCUT2D eigenvalue weighted by Crippen LogP contribution is 2.22. The molecule has 1 N–H and O–H groups in total. The second-order valence-electron chi connectivity index (χ2n) is 5.67. The summed E-state index contributed by atoms with van der Waals surface area (Å²) >= 11 is 0. The van der Waals surface area contributed by atoms with Crippen LogP contribution in [0.1, 0.15) is 23.8 Å². The number of amides is 1. The van der Waals surface area contributed by atoms with Crippen molar-refractivity contribution >= 4 is 22.8 Å². The van der Waals surface area contributed by atoms with Crippen molar-refractivity contribution in [1.29, 1.82) is 0 Å². The van der Waals surface area contributed by atoms with Gasteiger partial charge in [0.25, 0.3) is 5.91 Å². The minimum atomic E-state index is -0.910. The Kier molecular flexibility index (Phi) is 4.34. The normalized spacial score (nSPS) is 18.3. The molecule has 6 heteroatoms. The summed E-state index contributed by atoms with van der Waals surface area (Å²) in [4.78, 5) is 25.4. The molecular weight excluding hydrogens is 296 g/mol. The van der Waals surface area contributed by atoms with Gasteiger partial charge in [0.2, 0.25) is 0 Å². The Morgan fingerprint density at radius 3 is 2.87 bits per heavy atom. The summed E-state index contributed by atoms with van der Waals surface area (Å²) in [6, 6.07) is 9.81. The van der Waals surface area contributed by atoms with Crippen molar-refractivity contribution in [1.82, 2.24) is 9.47 Å². The van der Waals surface area contributed by atoms with Gasteiger partial charge in [-0.2, -0.15) is 0 Å². The number of hydrogen-bond donors (Lipinski definition) is 1. The van der Waals surface area contributed by atoms with Crippen molar-refractivity contribution in [3.8, 4) is 0 Å². The first-order valence-corrected chi connectivity index (χ1v) is 7.81. The predicted octanol–water partition coefficient (Wildman–Crippen LogP) is 1.98. The SMILES string of the molecule is CCn1c(C(=O)N2CCO[C@@H](CC(=O)O)C2)cc2ccccc21. The van der Waals surface area contributed by atoms with Gasteiger partial charge in [-0.1, -0.05) is 18.2 Å². The molecule has 122 valence electrons. The van der Waals surface area contributed by atoms with E-state index in [2.05, 4.69) is 0 Å². The number of aryl methyl sites for hydroxylation is 1. The fourth-order valence-electron chi connectivity index (χ4n) is 3.11. The average molecular weight is 316 g/mol. The Hall–Kier alpha value is -2.34. The summed E-state index contributed by atoms with van der Waals surface area (Å²) in [5.41, 5.74) is 1.68. The maximum absolute atomic E-state index is 12.9. The molecule has 1 aromatic carbocycles. The van der Waals surface area contributed by atoms with E-state index in [0.717, 1.165) is 10.9 Å². The number of morpholine rings is 1. The molecule has 2 heterocycles. The molecule has 1 amide bonds. The van der Waals surface area contributed by atoms with Crippen molar-refractivity contribution in [2.24, 2.45) is 0 Å². The van der Waals surface area contributed by atoms with E-state index >= 15 is 0 Å². The lowest BCUT2D eigenvalue weighted by Crippen LogP contribution is -2.46. The average Bonchev–Trinajstić information content (AvgIpc) is 2.92. The van der Waals surface area contributed by atoms with E-state index in [0.29, 0.717) is 31.9 Å². The zero-order valence-corrected chi connectivity index (χ0v) is 13.1. The van der Waals surface area contributed by atoms with Crippen LogP contribution in [0, 0.1) is 0 Å². The van der Waals surface area contributed by atoms with Gasteiger partial charge in [-0.15, -0.1) is 0 Å². The largest absolute Gasteiger partial charge is 0.481 e. The fraction of sp³-hybridized carbons (Fsp3) is 0.412. The van der Waals surface area contributed by atoms with Gasteiger partial charge >= 0.3 is 5.97 Å². The third-order valence-electron chi connectivity index (χ3n) is 4.17. The summed E-state index contributed by atoms with van der Waals surface area (Å²) in [6.45, 7) is 3.89. The number of carboxylic acid groups (broad SMARTS) is 1. The zero-order chi connectivity index (χ0) is 16.4. The van der Waals surface area contributed by atoms with E-state index < -0.39 is 12.1 Å². The Balaban J connectivity index is 1.86. The van der Waals surface area contributed by atoms with Crippen LogP contribution in [0.25, 0.3) is 10.9 Å². The van der Waals surface area contributed by atoms with Crippen molar-refractivity contribution < 1.29 is 19.4 Å². The quantitative estimate of drug-likeness (QED) is 0.936. The second-order valence-corrected chi connectivity index (χ2v) is 5.67. The first-order valence-electron chi connectivity index (χ1n) is 7.81. The number of fused-ring (bicyclic) bond motifs is 1. The highest BCUT2D eigenvalue weighted by Gasteiger charge is 2.28. The van der Waals surface area contributed by atoms with Crippen LogP contribution in [0.5, 0.6) is 0 Å². The summed E-state index contributed by atoms with van der Waals surface area (Å²) in [5, 5.41) is 9.93. The number of carbonyl (C=O) groups excluding carboxylic acids is 1. The second kappa shape index (κ2) is 6.42. The van der Waals surface area contributed by atoms with E-state index in [1.807, 2.05) is 41.8 Å². The van der Waals surface area contributed by atoms with Gasteiger partial charge < -0.3 is 19.3 Å². The molecule has 6 nitrogen and oxygen atoms in total. The lowest BCUT2D eigenvalue weighted by Gasteiger charge is -2.32. The summed E-state index contributed by atoms with van der Waals surface area (Å²) < 4.78 is 7.44. The number of hydrogen-bond acceptors (Lipinski definition) is 3. The summed E-state index contributed by atoms with van der Waals surface area (Å²) in [6.07, 6.45) is -0.523. The maximum atomic E-state index is 12.9. The van der Waals surface area contributed by atoms with Crippen LogP contribution in [0.15, 0.2) is 30.3 Å². The summed E-state index contributed by atoms with van der Waals surface area (Å²) in [5.74, 6) is -0.978. The lowest BCUT2D eigenvalue weighted by molar-refractivity contribution is -0.141. The number of nitrogens with zero attached hydrogens (tertiary/aromatic N) is 2. The van der Waals surface area contributed by atoms with Crippen LogP contribution < -0.4 is 0 Å². The Labute approximate surface area is 134 Å². The van der Waals surface area contributed by atoms with E-state index in [9.17, 15) is 9.59 Å². The Morgan fingerprint density at radius 2 is 2.13 bits per heavy atom. The van der Waals surface area contributed by atoms with Crippen LogP contribution in [-0.2, 0) is 16.1 Å². The van der Waals surface area contributed by atoms with Crippen LogP contribution >= 0.6 is 0 Å². The molecule has 1 aliphatic heterocycles. The molecule has 3 rings (SSSR count). The van der Waals surface area contributed by atoms with Crippen LogP contribution in [-0.4, -0.2) is 52.3 Å². The Morgan fingerprint density at radius 1 is 1.35 bits per heavy atom. The van der Waals surface area contributed by atoms with Gasteiger partial charge in [0.05, 0.1) is 19.1 Å². The van der Waals surface area contributed by atoms with Crippen molar-refractivity contribution in [3.63, 3.8) is 0 Å². The van der Waals surface area contributed by atoms with Gasteiger partial charge in [-0.3, -0.25) is 9.59 Å². The number of rotatable bonds is 4. The smallest absolute Gasteiger partial charge is 0.306 e. The third kappa shape index (κ3) is 3.07. The molecule has 0 aliphatic carbocycles. The minimum Gasteiger partial charge on any atom is -0.481 e. The molecule has 1 atom stereocenters. The van der Waals surface area contributed by atoms with Gasteiger partial charge in [-0.05, 0) is 19.1 Å². The molecule has 23 heavy (non-hydrogen) atoms. The molecular formula is C17H20N2O4. The first-order chi connectivity index (χ1) is 11.1. The van der Waals surface area contributed by atoms with Crippen molar-refractivity contribution in [2.75, 3.05) is 19.7 Å². The number of benzene rings is 1. The Bertz CT molecular complexity index is 737. The van der Waals surface area contributed by atoms with Crippen LogP contribution in [0.4, 0.5) is 0 Å². The third-order valence-corrected chi connectivity index (χ3v) is 4.17. The molecule has 0 unspecified atom stereocenters. The highest BCUT2D eigenvalue weighted by atomic mass is 16.5.